The number of hydrogen-bond donors (Lipinski definition) is 1. The lowest BCUT2D eigenvalue weighted by molar-refractivity contribution is 0.0713. The number of halogens is 3. The van der Waals surface area contributed by atoms with Crippen LogP contribution >= 0.6 is 11.6 Å². The molecule has 0 aromatic carbocycles. The molecule has 3 aromatic heterocycles. The number of rotatable bonds is 7. The molecule has 1 unspecified atom stereocenters. The first-order valence-electron chi connectivity index (χ1n) is 9.83. The molecule has 2 amide bonds. The van der Waals surface area contributed by atoms with E-state index in [4.69, 9.17) is 20.8 Å². The van der Waals surface area contributed by atoms with Crippen LogP contribution in [0.5, 0.6) is 5.88 Å². The van der Waals surface area contributed by atoms with E-state index < -0.39 is 25.0 Å². The van der Waals surface area contributed by atoms with E-state index in [2.05, 4.69) is 20.3 Å². The van der Waals surface area contributed by atoms with E-state index in [0.29, 0.717) is 22.6 Å². The van der Waals surface area contributed by atoms with Crippen LogP contribution in [0, 0.1) is 6.92 Å². The summed E-state index contributed by atoms with van der Waals surface area (Å²) in [6, 6.07) is 2.63. The Morgan fingerprint density at radius 2 is 2.12 bits per heavy atom. The molecule has 0 fully saturated rings. The smallest absolute Gasteiger partial charge is 0.294 e. The summed E-state index contributed by atoms with van der Waals surface area (Å²) < 4.78 is 34.8. The lowest BCUT2D eigenvalue weighted by Crippen LogP contribution is -2.27. The van der Waals surface area contributed by atoms with Gasteiger partial charge in [0.25, 0.3) is 18.2 Å². The van der Waals surface area contributed by atoms with E-state index in [-0.39, 0.29) is 34.9 Å². The number of amides is 2. The van der Waals surface area contributed by atoms with Gasteiger partial charge >= 0.3 is 0 Å². The second kappa shape index (κ2) is 9.10. The van der Waals surface area contributed by atoms with Crippen LogP contribution in [0.4, 0.5) is 14.6 Å². The second-order valence-electron chi connectivity index (χ2n) is 7.25. The fraction of sp³-hybridized carbons (Fsp3) is 0.286. The highest BCUT2D eigenvalue weighted by Gasteiger charge is 2.34. The maximum atomic E-state index is 13.0. The first-order valence-corrected chi connectivity index (χ1v) is 10.2. The summed E-state index contributed by atoms with van der Waals surface area (Å²) in [5, 5.41) is 2.71. The molecule has 12 heteroatoms. The van der Waals surface area contributed by atoms with Gasteiger partial charge in [0, 0.05) is 30.4 Å². The van der Waals surface area contributed by atoms with Crippen LogP contribution in [0.15, 0.2) is 35.1 Å². The van der Waals surface area contributed by atoms with Crippen molar-refractivity contribution < 1.29 is 27.5 Å². The molecule has 0 radical (unpaired) electrons. The van der Waals surface area contributed by atoms with E-state index in [1.165, 1.54) is 24.7 Å². The first kappa shape index (κ1) is 22.6. The van der Waals surface area contributed by atoms with Crippen molar-refractivity contribution in [3.63, 3.8) is 0 Å². The van der Waals surface area contributed by atoms with Crippen molar-refractivity contribution in [3.8, 4) is 5.88 Å². The number of hydrogen-bond acceptors (Lipinski definition) is 7. The Morgan fingerprint density at radius 3 is 2.79 bits per heavy atom. The van der Waals surface area contributed by atoms with E-state index in [0.717, 1.165) is 0 Å². The van der Waals surface area contributed by atoms with Crippen molar-refractivity contribution in [2.45, 2.75) is 32.9 Å². The summed E-state index contributed by atoms with van der Waals surface area (Å²) in [4.78, 5) is 39.1. The highest BCUT2D eigenvalue weighted by atomic mass is 35.5. The van der Waals surface area contributed by atoms with Gasteiger partial charge in [0.2, 0.25) is 11.6 Å². The zero-order valence-corrected chi connectivity index (χ0v) is 18.3. The SMILES string of the molecule is Cc1ncc(C(=O)Nc2nccc3c2CN(C(C)c2cnc(OCC(F)F)c(Cl)c2)C3=O)o1. The average Bonchev–Trinajstić information content (AvgIpc) is 3.36. The minimum Gasteiger partial charge on any atom is -0.471 e. The predicted molar refractivity (Wildman–Crippen MR) is 112 cm³/mol. The van der Waals surface area contributed by atoms with Gasteiger partial charge in [-0.3, -0.25) is 9.59 Å². The number of carbonyl (C=O) groups excluding carboxylic acids is 2. The zero-order valence-electron chi connectivity index (χ0n) is 17.5. The number of nitrogens with one attached hydrogen (secondary N) is 1. The molecule has 0 spiro atoms. The lowest BCUT2D eigenvalue weighted by atomic mass is 10.1. The summed E-state index contributed by atoms with van der Waals surface area (Å²) in [6.07, 6.45) is 1.50. The maximum Gasteiger partial charge on any atom is 0.294 e. The lowest BCUT2D eigenvalue weighted by Gasteiger charge is -2.24. The van der Waals surface area contributed by atoms with E-state index in [1.807, 2.05) is 0 Å². The Labute approximate surface area is 191 Å². The number of alkyl halides is 2. The predicted octanol–water partition coefficient (Wildman–Crippen LogP) is 4.04. The molecular formula is C21H18ClF2N5O4. The van der Waals surface area contributed by atoms with Gasteiger partial charge < -0.3 is 19.4 Å². The van der Waals surface area contributed by atoms with E-state index in [1.54, 1.807) is 24.8 Å². The fourth-order valence-electron chi connectivity index (χ4n) is 3.40. The number of anilines is 1. The monoisotopic (exact) mass is 477 g/mol. The molecule has 0 aliphatic carbocycles. The third kappa shape index (κ3) is 4.63. The van der Waals surface area contributed by atoms with E-state index >= 15 is 0 Å². The molecule has 3 aromatic rings. The molecular weight excluding hydrogens is 460 g/mol. The third-order valence-corrected chi connectivity index (χ3v) is 5.35. The Bertz CT molecular complexity index is 1220. The second-order valence-corrected chi connectivity index (χ2v) is 7.66. The number of carbonyl (C=O) groups is 2. The topological polar surface area (TPSA) is 110 Å². The fourth-order valence-corrected chi connectivity index (χ4v) is 3.63. The van der Waals surface area contributed by atoms with Gasteiger partial charge in [0.05, 0.1) is 18.8 Å². The minimum absolute atomic E-state index is 0.0244. The average molecular weight is 478 g/mol. The van der Waals surface area contributed by atoms with Crippen molar-refractivity contribution in [1.29, 1.82) is 0 Å². The summed E-state index contributed by atoms with van der Waals surface area (Å²) in [6.45, 7) is 2.75. The molecule has 1 N–H and O–H groups in total. The molecule has 0 saturated heterocycles. The molecule has 33 heavy (non-hydrogen) atoms. The minimum atomic E-state index is -2.65. The van der Waals surface area contributed by atoms with Crippen LogP contribution < -0.4 is 10.1 Å². The number of aryl methyl sites for hydroxylation is 1. The Balaban J connectivity index is 1.53. The van der Waals surface area contributed by atoms with Crippen LogP contribution in [0.25, 0.3) is 0 Å². The highest BCUT2D eigenvalue weighted by molar-refractivity contribution is 6.31. The van der Waals surface area contributed by atoms with Gasteiger partial charge in [0.1, 0.15) is 10.8 Å². The van der Waals surface area contributed by atoms with Crippen molar-refractivity contribution in [2.24, 2.45) is 0 Å². The summed E-state index contributed by atoms with van der Waals surface area (Å²) >= 11 is 6.12. The quantitative estimate of drug-likeness (QED) is 0.546. The van der Waals surface area contributed by atoms with Crippen LogP contribution in [0.1, 0.15) is 50.9 Å². The van der Waals surface area contributed by atoms with Crippen LogP contribution in [0.3, 0.4) is 0 Å². The van der Waals surface area contributed by atoms with Crippen molar-refractivity contribution >= 4 is 29.2 Å². The molecule has 1 aliphatic heterocycles. The number of fused-ring (bicyclic) bond motifs is 1. The number of oxazole rings is 1. The van der Waals surface area contributed by atoms with Gasteiger partial charge in [-0.1, -0.05) is 11.6 Å². The molecule has 4 rings (SSSR count). The van der Waals surface area contributed by atoms with Gasteiger partial charge in [-0.05, 0) is 24.6 Å². The Morgan fingerprint density at radius 1 is 1.33 bits per heavy atom. The third-order valence-electron chi connectivity index (χ3n) is 5.08. The van der Waals surface area contributed by atoms with Crippen LogP contribution in [0.2, 0.25) is 5.02 Å². The molecule has 0 saturated carbocycles. The van der Waals surface area contributed by atoms with Crippen molar-refractivity contribution in [2.75, 3.05) is 11.9 Å². The summed E-state index contributed by atoms with van der Waals surface area (Å²) in [5.74, 6) is -0.302. The molecule has 172 valence electrons. The molecule has 1 atom stereocenters. The largest absolute Gasteiger partial charge is 0.471 e. The number of nitrogens with zero attached hydrogens (tertiary/aromatic N) is 4. The molecule has 1 aliphatic rings. The highest BCUT2D eigenvalue weighted by Crippen LogP contribution is 2.35. The summed E-state index contributed by atoms with van der Waals surface area (Å²) in [7, 11) is 0. The number of ether oxygens (including phenoxy) is 1. The molecule has 9 nitrogen and oxygen atoms in total. The zero-order chi connectivity index (χ0) is 23.7. The van der Waals surface area contributed by atoms with E-state index in [9.17, 15) is 18.4 Å². The van der Waals surface area contributed by atoms with Gasteiger partial charge in [-0.2, -0.15) is 0 Å². The van der Waals surface area contributed by atoms with Gasteiger partial charge in [-0.15, -0.1) is 0 Å². The Hall–Kier alpha value is -3.60. The van der Waals surface area contributed by atoms with Crippen molar-refractivity contribution in [1.82, 2.24) is 19.9 Å². The summed E-state index contributed by atoms with van der Waals surface area (Å²) in [5.41, 5.74) is 1.54. The van der Waals surface area contributed by atoms with Crippen LogP contribution in [-0.4, -0.2) is 44.7 Å². The van der Waals surface area contributed by atoms with Gasteiger partial charge in [0.15, 0.2) is 12.5 Å². The number of pyridine rings is 2. The standard InChI is InChI=1S/C21H18ClF2N5O4/c1-10(12-5-15(22)20(27-6-12)32-9-17(23)24)29-8-14-13(21(29)31)3-4-25-18(14)28-19(30)16-7-26-11(2)33-16/h3-7,10,17H,8-9H2,1-2H3,(H,25,28,30). The Kier molecular flexibility index (Phi) is 6.23. The first-order chi connectivity index (χ1) is 15.7. The maximum absolute atomic E-state index is 13.0. The van der Waals surface area contributed by atoms with Crippen molar-refractivity contribution in [3.05, 3.63) is 64.1 Å². The van der Waals surface area contributed by atoms with Crippen LogP contribution in [-0.2, 0) is 6.54 Å². The molecule has 4 heterocycles. The molecule has 0 bridgehead atoms. The normalized spacial score (nSPS) is 13.9. The van der Waals surface area contributed by atoms with Gasteiger partial charge in [-0.25, -0.2) is 23.7 Å². The number of aromatic nitrogens is 3.